The van der Waals surface area contributed by atoms with Gasteiger partial charge in [0.1, 0.15) is 0 Å². The van der Waals surface area contributed by atoms with E-state index in [1.165, 1.54) is 17.4 Å². The van der Waals surface area contributed by atoms with Crippen LogP contribution in [0.4, 0.5) is 5.13 Å². The van der Waals surface area contributed by atoms with Crippen molar-refractivity contribution in [3.05, 3.63) is 44.8 Å². The lowest BCUT2D eigenvalue weighted by Crippen LogP contribution is -2.27. The van der Waals surface area contributed by atoms with Crippen molar-refractivity contribution in [3.8, 4) is 0 Å². The van der Waals surface area contributed by atoms with Crippen LogP contribution in [0.3, 0.4) is 0 Å². The second kappa shape index (κ2) is 7.03. The Balaban J connectivity index is 1.86. The van der Waals surface area contributed by atoms with Crippen molar-refractivity contribution >= 4 is 22.4 Å². The lowest BCUT2D eigenvalue weighted by molar-refractivity contribution is 0.0952. The Morgan fingerprint density at radius 3 is 2.95 bits per heavy atom. The number of nitrogens with zero attached hydrogens (tertiary/aromatic N) is 1. The molecule has 112 valence electrons. The molecule has 6 nitrogen and oxygen atoms in total. The molecule has 0 aliphatic carbocycles. The maximum atomic E-state index is 12.1. The van der Waals surface area contributed by atoms with Crippen molar-refractivity contribution < 1.29 is 4.79 Å². The van der Waals surface area contributed by atoms with Crippen molar-refractivity contribution in [1.29, 1.82) is 0 Å². The molecule has 0 spiro atoms. The van der Waals surface area contributed by atoms with Crippen LogP contribution in [0.1, 0.15) is 35.1 Å². The molecule has 0 saturated heterocycles. The van der Waals surface area contributed by atoms with Crippen LogP contribution in [-0.2, 0) is 12.8 Å². The van der Waals surface area contributed by atoms with Crippen molar-refractivity contribution in [1.82, 2.24) is 15.3 Å². The van der Waals surface area contributed by atoms with E-state index >= 15 is 0 Å². The van der Waals surface area contributed by atoms with Gasteiger partial charge < -0.3 is 16.0 Å². The molecule has 2 heterocycles. The van der Waals surface area contributed by atoms with Crippen molar-refractivity contribution in [3.63, 3.8) is 0 Å². The summed E-state index contributed by atoms with van der Waals surface area (Å²) in [5, 5.41) is 5.34. The van der Waals surface area contributed by atoms with E-state index in [1.807, 2.05) is 12.3 Å². The Morgan fingerprint density at radius 2 is 2.29 bits per heavy atom. The number of hydrogen-bond acceptors (Lipinski definition) is 5. The van der Waals surface area contributed by atoms with Crippen molar-refractivity contribution in [2.75, 3.05) is 12.3 Å². The minimum atomic E-state index is -0.190. The van der Waals surface area contributed by atoms with Gasteiger partial charge in [0.05, 0.1) is 11.3 Å². The van der Waals surface area contributed by atoms with E-state index in [0.717, 1.165) is 18.5 Å². The highest BCUT2D eigenvalue weighted by atomic mass is 32.1. The number of amides is 1. The van der Waals surface area contributed by atoms with Crippen LogP contribution in [0.2, 0.25) is 0 Å². The van der Waals surface area contributed by atoms with Gasteiger partial charge in [0.25, 0.3) is 5.91 Å². The Morgan fingerprint density at radius 1 is 1.48 bits per heavy atom. The Bertz CT molecular complexity index is 678. The topological polar surface area (TPSA) is 101 Å². The standard InChI is InChI=1S/C14H18N4O2S/c1-2-11-10(5-6-12(19)18-11)13(20)16-7-3-4-9-8-21-14(15)17-9/h5-6,8H,2-4,7H2,1H3,(H2,15,17)(H,16,20)(H,18,19). The SMILES string of the molecule is CCc1[nH]c(=O)ccc1C(=O)NCCCc1csc(N)n1. The first-order valence-electron chi connectivity index (χ1n) is 6.80. The van der Waals surface area contributed by atoms with E-state index in [-0.39, 0.29) is 11.5 Å². The molecule has 0 unspecified atom stereocenters. The molecule has 21 heavy (non-hydrogen) atoms. The number of nitrogens with two attached hydrogens (primary N) is 1. The minimum Gasteiger partial charge on any atom is -0.375 e. The van der Waals surface area contributed by atoms with Gasteiger partial charge in [-0.05, 0) is 25.3 Å². The van der Waals surface area contributed by atoms with E-state index in [0.29, 0.717) is 29.4 Å². The second-order valence-electron chi connectivity index (χ2n) is 4.60. The molecule has 4 N–H and O–H groups in total. The first kappa shape index (κ1) is 15.2. The molecular weight excluding hydrogens is 288 g/mol. The predicted molar refractivity (Wildman–Crippen MR) is 83.6 cm³/mol. The van der Waals surface area contributed by atoms with Crippen LogP contribution in [0.15, 0.2) is 22.3 Å². The molecule has 2 aromatic rings. The zero-order valence-corrected chi connectivity index (χ0v) is 12.6. The highest BCUT2D eigenvalue weighted by Crippen LogP contribution is 2.12. The van der Waals surface area contributed by atoms with Gasteiger partial charge >= 0.3 is 0 Å². The third-order valence-electron chi connectivity index (χ3n) is 3.06. The molecule has 0 aliphatic rings. The van der Waals surface area contributed by atoms with E-state index in [4.69, 9.17) is 5.73 Å². The number of H-pyrrole nitrogens is 1. The number of carbonyl (C=O) groups excluding carboxylic acids is 1. The third kappa shape index (κ3) is 4.16. The van der Waals surface area contributed by atoms with Crippen LogP contribution < -0.4 is 16.6 Å². The smallest absolute Gasteiger partial charge is 0.253 e. The molecule has 0 saturated carbocycles. The highest BCUT2D eigenvalue weighted by molar-refractivity contribution is 7.13. The number of nitrogens with one attached hydrogen (secondary N) is 2. The predicted octanol–water partition coefficient (Wildman–Crippen LogP) is 1.34. The van der Waals surface area contributed by atoms with Crippen LogP contribution in [0.25, 0.3) is 0 Å². The van der Waals surface area contributed by atoms with Gasteiger partial charge in [0, 0.05) is 23.7 Å². The van der Waals surface area contributed by atoms with E-state index in [9.17, 15) is 9.59 Å². The molecule has 2 rings (SSSR count). The molecule has 0 bridgehead atoms. The van der Waals surface area contributed by atoms with E-state index < -0.39 is 0 Å². The minimum absolute atomic E-state index is 0.166. The van der Waals surface area contributed by atoms with Crippen LogP contribution in [0, 0.1) is 0 Å². The van der Waals surface area contributed by atoms with Crippen LogP contribution in [0.5, 0.6) is 0 Å². The van der Waals surface area contributed by atoms with Gasteiger partial charge in [-0.25, -0.2) is 4.98 Å². The number of rotatable bonds is 6. The second-order valence-corrected chi connectivity index (χ2v) is 5.49. The summed E-state index contributed by atoms with van der Waals surface area (Å²) < 4.78 is 0. The fourth-order valence-corrected chi connectivity index (χ4v) is 2.61. The number of nitrogen functional groups attached to an aromatic ring is 1. The first-order chi connectivity index (χ1) is 10.1. The number of aromatic amines is 1. The number of hydrogen-bond donors (Lipinski definition) is 3. The van der Waals surface area contributed by atoms with Gasteiger partial charge in [-0.1, -0.05) is 6.92 Å². The largest absolute Gasteiger partial charge is 0.375 e. The average molecular weight is 306 g/mol. The van der Waals surface area contributed by atoms with Gasteiger partial charge in [0.15, 0.2) is 5.13 Å². The molecule has 0 radical (unpaired) electrons. The number of thiazole rings is 1. The van der Waals surface area contributed by atoms with Crippen molar-refractivity contribution in [2.45, 2.75) is 26.2 Å². The lowest BCUT2D eigenvalue weighted by Gasteiger charge is -2.08. The fraction of sp³-hybridized carbons (Fsp3) is 0.357. The van der Waals surface area contributed by atoms with Gasteiger partial charge in [-0.2, -0.15) is 0 Å². The summed E-state index contributed by atoms with van der Waals surface area (Å²) in [5.74, 6) is -0.166. The number of anilines is 1. The Labute approximate surface area is 126 Å². The molecule has 0 atom stereocenters. The number of carbonyl (C=O) groups is 1. The van der Waals surface area contributed by atoms with Crippen LogP contribution >= 0.6 is 11.3 Å². The zero-order chi connectivity index (χ0) is 15.2. The van der Waals surface area contributed by atoms with Gasteiger partial charge in [-0.3, -0.25) is 9.59 Å². The fourth-order valence-electron chi connectivity index (χ4n) is 2.01. The summed E-state index contributed by atoms with van der Waals surface area (Å²) in [6.45, 7) is 2.45. The molecule has 0 aromatic carbocycles. The Hall–Kier alpha value is -2.15. The quantitative estimate of drug-likeness (QED) is 0.701. The number of aromatic nitrogens is 2. The normalized spacial score (nSPS) is 10.5. The first-order valence-corrected chi connectivity index (χ1v) is 7.68. The lowest BCUT2D eigenvalue weighted by atomic mass is 10.1. The zero-order valence-electron chi connectivity index (χ0n) is 11.8. The summed E-state index contributed by atoms with van der Waals surface area (Å²) >= 11 is 1.42. The summed E-state index contributed by atoms with van der Waals surface area (Å²) in [6, 6.07) is 2.93. The Kier molecular flexibility index (Phi) is 5.10. The van der Waals surface area contributed by atoms with Gasteiger partial charge in [0.2, 0.25) is 5.56 Å². The number of aryl methyl sites for hydroxylation is 2. The van der Waals surface area contributed by atoms with Crippen LogP contribution in [-0.4, -0.2) is 22.4 Å². The maximum Gasteiger partial charge on any atom is 0.253 e. The van der Waals surface area contributed by atoms with E-state index in [1.54, 1.807) is 6.07 Å². The highest BCUT2D eigenvalue weighted by Gasteiger charge is 2.10. The van der Waals surface area contributed by atoms with E-state index in [2.05, 4.69) is 15.3 Å². The summed E-state index contributed by atoms with van der Waals surface area (Å²) in [7, 11) is 0. The molecule has 0 fully saturated rings. The molecule has 2 aromatic heterocycles. The van der Waals surface area contributed by atoms with Crippen molar-refractivity contribution in [2.24, 2.45) is 0 Å². The summed E-state index contributed by atoms with van der Waals surface area (Å²) in [5.41, 5.74) is 7.50. The molecular formula is C14H18N4O2S. The number of pyridine rings is 1. The summed E-state index contributed by atoms with van der Waals surface area (Å²) in [6.07, 6.45) is 2.18. The molecule has 0 aliphatic heterocycles. The average Bonchev–Trinajstić information content (AvgIpc) is 2.88. The third-order valence-corrected chi connectivity index (χ3v) is 3.79. The molecule has 1 amide bonds. The molecule has 7 heteroatoms. The summed E-state index contributed by atoms with van der Waals surface area (Å²) in [4.78, 5) is 30.2. The monoisotopic (exact) mass is 306 g/mol. The van der Waals surface area contributed by atoms with Gasteiger partial charge in [-0.15, -0.1) is 11.3 Å². The maximum absolute atomic E-state index is 12.1.